The van der Waals surface area contributed by atoms with Crippen molar-refractivity contribution in [2.75, 3.05) is 16.8 Å². The van der Waals surface area contributed by atoms with Crippen LogP contribution in [-0.2, 0) is 24.7 Å². The van der Waals surface area contributed by atoms with Crippen molar-refractivity contribution < 1.29 is 9.18 Å². The summed E-state index contributed by atoms with van der Waals surface area (Å²) in [6, 6.07) is 10.3. The van der Waals surface area contributed by atoms with E-state index >= 15 is 0 Å². The van der Waals surface area contributed by atoms with Gasteiger partial charge in [-0.05, 0) is 35.7 Å². The lowest BCUT2D eigenvalue weighted by atomic mass is 10.1. The lowest BCUT2D eigenvalue weighted by molar-refractivity contribution is -0.118. The van der Waals surface area contributed by atoms with Gasteiger partial charge in [-0.3, -0.25) is 14.4 Å². The maximum Gasteiger partial charge on any atom is 0.232 e. The van der Waals surface area contributed by atoms with Gasteiger partial charge in [0.25, 0.3) is 0 Å². The van der Waals surface area contributed by atoms with Crippen LogP contribution in [0.15, 0.2) is 55.0 Å². The summed E-state index contributed by atoms with van der Waals surface area (Å²) in [4.78, 5) is 27.8. The van der Waals surface area contributed by atoms with Gasteiger partial charge < -0.3 is 5.32 Å². The van der Waals surface area contributed by atoms with Crippen LogP contribution < -0.4 is 10.2 Å². The Morgan fingerprint density at radius 3 is 2.91 bits per heavy atom. The highest BCUT2D eigenvalue weighted by Gasteiger charge is 2.27. The van der Waals surface area contributed by atoms with E-state index in [1.54, 1.807) is 46.4 Å². The zero-order valence-electron chi connectivity index (χ0n) is 17.7. The topological polar surface area (TPSA) is 88.8 Å². The van der Waals surface area contributed by atoms with Gasteiger partial charge in [0.1, 0.15) is 17.5 Å². The molecule has 0 radical (unpaired) electrons. The molecule has 0 aliphatic carbocycles. The number of amides is 1. The van der Waals surface area contributed by atoms with Crippen LogP contribution in [0.25, 0.3) is 11.3 Å². The molecule has 1 aliphatic heterocycles. The molecule has 0 bridgehead atoms. The fourth-order valence-corrected chi connectivity index (χ4v) is 3.98. The van der Waals surface area contributed by atoms with Gasteiger partial charge in [0, 0.05) is 37.6 Å². The van der Waals surface area contributed by atoms with Crippen molar-refractivity contribution in [3.63, 3.8) is 0 Å². The van der Waals surface area contributed by atoms with E-state index in [1.807, 2.05) is 19.2 Å². The van der Waals surface area contributed by atoms with Gasteiger partial charge in [-0.25, -0.2) is 19.3 Å². The highest BCUT2D eigenvalue weighted by Crippen LogP contribution is 2.30. The Balaban J connectivity index is 1.36. The molecule has 0 atom stereocenters. The third-order valence-corrected chi connectivity index (χ3v) is 5.78. The quantitative estimate of drug-likeness (QED) is 0.482. The molecule has 0 saturated carbocycles. The standard InChI is InChI=1S/C23H19ClFN7O/c1-31-19(6-9-28-31)30-23-26-8-5-18(29-23)16-11-15-7-10-32(22(15)27-13-16)20(33)12-14-3-2-4-17(24)21(14)25/h2-6,8-9,11,13H,7,10,12H2,1H3,(H,26,29,30). The normalized spacial score (nSPS) is 12.6. The number of hydrogen-bond donors (Lipinski definition) is 1. The molecule has 0 spiro atoms. The summed E-state index contributed by atoms with van der Waals surface area (Å²) < 4.78 is 15.9. The third-order valence-electron chi connectivity index (χ3n) is 5.49. The molecular weight excluding hydrogens is 445 g/mol. The largest absolute Gasteiger partial charge is 0.309 e. The van der Waals surface area contributed by atoms with E-state index in [9.17, 15) is 9.18 Å². The number of anilines is 3. The number of carbonyl (C=O) groups is 1. The van der Waals surface area contributed by atoms with Crippen LogP contribution in [0.4, 0.5) is 22.0 Å². The van der Waals surface area contributed by atoms with Gasteiger partial charge in [0.2, 0.25) is 11.9 Å². The first-order chi connectivity index (χ1) is 16.0. The second-order valence-electron chi connectivity index (χ2n) is 7.62. The van der Waals surface area contributed by atoms with Crippen molar-refractivity contribution in [2.24, 2.45) is 7.05 Å². The highest BCUT2D eigenvalue weighted by molar-refractivity contribution is 6.30. The average molecular weight is 464 g/mol. The van der Waals surface area contributed by atoms with Crippen LogP contribution in [-0.4, -0.2) is 37.2 Å². The molecule has 166 valence electrons. The number of aryl methyl sites for hydroxylation is 1. The van der Waals surface area contributed by atoms with Crippen molar-refractivity contribution in [3.8, 4) is 11.3 Å². The molecule has 1 aliphatic rings. The number of benzene rings is 1. The van der Waals surface area contributed by atoms with Crippen LogP contribution in [0.3, 0.4) is 0 Å². The van der Waals surface area contributed by atoms with E-state index in [0.717, 1.165) is 16.9 Å². The summed E-state index contributed by atoms with van der Waals surface area (Å²) in [6.07, 6.45) is 5.62. The molecule has 0 saturated heterocycles. The number of aromatic nitrogens is 5. The smallest absolute Gasteiger partial charge is 0.232 e. The Hall–Kier alpha value is -3.85. The zero-order valence-corrected chi connectivity index (χ0v) is 18.4. The molecule has 1 aromatic carbocycles. The van der Waals surface area contributed by atoms with Crippen LogP contribution in [0, 0.1) is 5.82 Å². The van der Waals surface area contributed by atoms with E-state index in [2.05, 4.69) is 25.4 Å². The second kappa shape index (κ2) is 8.59. The number of rotatable bonds is 5. The van der Waals surface area contributed by atoms with Gasteiger partial charge in [-0.1, -0.05) is 23.7 Å². The Morgan fingerprint density at radius 1 is 1.21 bits per heavy atom. The first kappa shape index (κ1) is 21.0. The van der Waals surface area contributed by atoms with Crippen molar-refractivity contribution in [1.82, 2.24) is 24.7 Å². The maximum atomic E-state index is 14.2. The fraction of sp³-hybridized carbons (Fsp3) is 0.174. The molecule has 0 unspecified atom stereocenters. The van der Waals surface area contributed by atoms with E-state index in [0.29, 0.717) is 30.4 Å². The zero-order chi connectivity index (χ0) is 22.9. The minimum atomic E-state index is -0.561. The number of nitrogens with zero attached hydrogens (tertiary/aromatic N) is 6. The number of fused-ring (bicyclic) bond motifs is 1. The predicted molar refractivity (Wildman–Crippen MR) is 123 cm³/mol. The Kier molecular flexibility index (Phi) is 5.47. The molecule has 8 nitrogen and oxygen atoms in total. The summed E-state index contributed by atoms with van der Waals surface area (Å²) in [5.74, 6) is 1.02. The Morgan fingerprint density at radius 2 is 2.09 bits per heavy atom. The van der Waals surface area contributed by atoms with Gasteiger partial charge in [-0.2, -0.15) is 5.10 Å². The monoisotopic (exact) mass is 463 g/mol. The average Bonchev–Trinajstić information content (AvgIpc) is 3.42. The molecule has 0 fully saturated rings. The Bertz CT molecular complexity index is 1360. The molecule has 4 heterocycles. The van der Waals surface area contributed by atoms with Crippen molar-refractivity contribution in [3.05, 3.63) is 77.0 Å². The predicted octanol–water partition coefficient (Wildman–Crippen LogP) is 3.94. The fourth-order valence-electron chi connectivity index (χ4n) is 3.79. The number of pyridine rings is 1. The van der Waals surface area contributed by atoms with Crippen LogP contribution in [0.5, 0.6) is 0 Å². The molecule has 1 N–H and O–H groups in total. The van der Waals surface area contributed by atoms with Gasteiger partial charge in [0.05, 0.1) is 23.3 Å². The molecular formula is C23H19ClFN7O. The molecule has 4 aromatic rings. The maximum absolute atomic E-state index is 14.2. The van der Waals surface area contributed by atoms with Gasteiger partial charge >= 0.3 is 0 Å². The summed E-state index contributed by atoms with van der Waals surface area (Å²) >= 11 is 5.84. The third kappa shape index (κ3) is 4.14. The van der Waals surface area contributed by atoms with Crippen molar-refractivity contribution in [2.45, 2.75) is 12.8 Å². The van der Waals surface area contributed by atoms with Crippen LogP contribution in [0.2, 0.25) is 5.02 Å². The van der Waals surface area contributed by atoms with Crippen molar-refractivity contribution in [1.29, 1.82) is 0 Å². The Labute approximate surface area is 194 Å². The minimum absolute atomic E-state index is 0.00647. The lowest BCUT2D eigenvalue weighted by Gasteiger charge is -2.17. The molecule has 10 heteroatoms. The lowest BCUT2D eigenvalue weighted by Crippen LogP contribution is -2.31. The summed E-state index contributed by atoms with van der Waals surface area (Å²) in [5.41, 5.74) is 2.73. The summed E-state index contributed by atoms with van der Waals surface area (Å²) in [7, 11) is 1.82. The van der Waals surface area contributed by atoms with E-state index in [1.165, 1.54) is 6.07 Å². The summed E-state index contributed by atoms with van der Waals surface area (Å²) in [6.45, 7) is 0.490. The number of halogens is 2. The number of hydrogen-bond acceptors (Lipinski definition) is 6. The van der Waals surface area contributed by atoms with Gasteiger partial charge in [-0.15, -0.1) is 0 Å². The van der Waals surface area contributed by atoms with Crippen LogP contribution in [0.1, 0.15) is 11.1 Å². The molecule has 33 heavy (non-hydrogen) atoms. The summed E-state index contributed by atoms with van der Waals surface area (Å²) in [5, 5.41) is 7.26. The van der Waals surface area contributed by atoms with Crippen LogP contribution >= 0.6 is 11.6 Å². The highest BCUT2D eigenvalue weighted by atomic mass is 35.5. The molecule has 3 aromatic heterocycles. The van der Waals surface area contributed by atoms with E-state index < -0.39 is 5.82 Å². The SMILES string of the molecule is Cn1nccc1Nc1nccc(-c2cnc3c(c2)CCN3C(=O)Cc2cccc(Cl)c2F)n1. The number of carbonyl (C=O) groups excluding carboxylic acids is 1. The second-order valence-corrected chi connectivity index (χ2v) is 8.03. The first-order valence-electron chi connectivity index (χ1n) is 10.3. The molecule has 1 amide bonds. The van der Waals surface area contributed by atoms with E-state index in [4.69, 9.17) is 11.6 Å². The molecule has 5 rings (SSSR count). The first-order valence-corrected chi connectivity index (χ1v) is 10.7. The minimum Gasteiger partial charge on any atom is -0.309 e. The van der Waals surface area contributed by atoms with E-state index in [-0.39, 0.29) is 22.9 Å². The number of nitrogens with one attached hydrogen (secondary N) is 1. The van der Waals surface area contributed by atoms with Crippen molar-refractivity contribution >= 4 is 35.1 Å². The van der Waals surface area contributed by atoms with Gasteiger partial charge in [0.15, 0.2) is 0 Å².